The Balaban J connectivity index is 2.16. The number of rotatable bonds is 2. The molecule has 6 heteroatoms. The van der Waals surface area contributed by atoms with Crippen molar-refractivity contribution in [2.75, 3.05) is 11.1 Å². The summed E-state index contributed by atoms with van der Waals surface area (Å²) in [4.78, 5) is 11.9. The maximum atomic E-state index is 11.9. The number of benzene rings is 1. The summed E-state index contributed by atoms with van der Waals surface area (Å²) >= 11 is 5.60. The summed E-state index contributed by atoms with van der Waals surface area (Å²) in [6, 6.07) is 8.23. The van der Waals surface area contributed by atoms with Gasteiger partial charge in [-0.25, -0.2) is 0 Å². The van der Waals surface area contributed by atoms with Crippen molar-refractivity contribution in [3.63, 3.8) is 0 Å². The zero-order chi connectivity index (χ0) is 13.1. The third-order valence-electron chi connectivity index (χ3n) is 2.42. The lowest BCUT2D eigenvalue weighted by Crippen LogP contribution is -2.13. The van der Waals surface area contributed by atoms with Crippen molar-refractivity contribution in [1.29, 1.82) is 0 Å². The fourth-order valence-corrected chi connectivity index (χ4v) is 1.45. The van der Waals surface area contributed by atoms with Crippen LogP contribution in [0.4, 0.5) is 11.5 Å². The van der Waals surface area contributed by atoms with Gasteiger partial charge in [0.15, 0.2) is 11.0 Å². The van der Waals surface area contributed by atoms with Crippen LogP contribution in [0.1, 0.15) is 15.9 Å². The molecule has 2 rings (SSSR count). The first-order valence-corrected chi connectivity index (χ1v) is 5.61. The van der Waals surface area contributed by atoms with E-state index < -0.39 is 0 Å². The van der Waals surface area contributed by atoms with Crippen molar-refractivity contribution < 1.29 is 4.79 Å². The molecule has 0 saturated carbocycles. The molecule has 1 aromatic heterocycles. The third kappa shape index (κ3) is 2.75. The molecule has 1 amide bonds. The Kier molecular flexibility index (Phi) is 3.43. The van der Waals surface area contributed by atoms with Gasteiger partial charge in [-0.3, -0.25) is 4.79 Å². The van der Waals surface area contributed by atoms with E-state index in [0.717, 1.165) is 5.56 Å². The van der Waals surface area contributed by atoms with E-state index in [1.54, 1.807) is 30.3 Å². The molecule has 0 atom stereocenters. The van der Waals surface area contributed by atoms with Crippen molar-refractivity contribution in [1.82, 2.24) is 10.2 Å². The average Bonchev–Trinajstić information content (AvgIpc) is 2.35. The number of nitrogen functional groups attached to an aromatic ring is 1. The Hall–Kier alpha value is -2.14. The molecule has 18 heavy (non-hydrogen) atoms. The molecular formula is C12H11ClN4O. The van der Waals surface area contributed by atoms with Gasteiger partial charge in [0.25, 0.3) is 5.91 Å². The summed E-state index contributed by atoms with van der Waals surface area (Å²) in [5, 5.41) is 10.2. The van der Waals surface area contributed by atoms with Gasteiger partial charge in [-0.1, -0.05) is 17.7 Å². The van der Waals surface area contributed by atoms with Crippen LogP contribution in [0.25, 0.3) is 0 Å². The number of carbonyl (C=O) groups is 1. The summed E-state index contributed by atoms with van der Waals surface area (Å²) in [6.45, 7) is 1.88. The van der Waals surface area contributed by atoms with E-state index in [9.17, 15) is 4.79 Å². The molecule has 0 aliphatic carbocycles. The Morgan fingerprint density at radius 3 is 2.67 bits per heavy atom. The second-order valence-corrected chi connectivity index (χ2v) is 4.15. The molecule has 0 bridgehead atoms. The van der Waals surface area contributed by atoms with Crippen LogP contribution in [0.5, 0.6) is 0 Å². The zero-order valence-electron chi connectivity index (χ0n) is 9.64. The predicted octanol–water partition coefficient (Wildman–Crippen LogP) is 2.27. The molecule has 0 spiro atoms. The summed E-state index contributed by atoms with van der Waals surface area (Å²) in [5.74, 6) is 0.0434. The minimum Gasteiger partial charge on any atom is -0.398 e. The Bertz CT molecular complexity index is 583. The first-order chi connectivity index (χ1) is 8.56. The largest absolute Gasteiger partial charge is 0.398 e. The number of hydrogen-bond acceptors (Lipinski definition) is 4. The third-order valence-corrected chi connectivity index (χ3v) is 2.62. The summed E-state index contributed by atoms with van der Waals surface area (Å²) in [7, 11) is 0. The van der Waals surface area contributed by atoms with Gasteiger partial charge in [0.1, 0.15) is 0 Å². The van der Waals surface area contributed by atoms with Crippen LogP contribution >= 0.6 is 11.6 Å². The number of nitrogens with two attached hydrogens (primary N) is 1. The minimum atomic E-state index is -0.293. The zero-order valence-corrected chi connectivity index (χ0v) is 10.4. The molecule has 0 radical (unpaired) electrons. The number of aromatic nitrogens is 2. The maximum Gasteiger partial charge on any atom is 0.256 e. The van der Waals surface area contributed by atoms with Gasteiger partial charge >= 0.3 is 0 Å². The van der Waals surface area contributed by atoms with Crippen LogP contribution in [0.3, 0.4) is 0 Å². The van der Waals surface area contributed by atoms with Gasteiger partial charge in [-0.2, -0.15) is 0 Å². The Morgan fingerprint density at radius 2 is 2.06 bits per heavy atom. The van der Waals surface area contributed by atoms with Gasteiger partial charge in [0, 0.05) is 11.3 Å². The van der Waals surface area contributed by atoms with Crippen molar-refractivity contribution in [2.45, 2.75) is 6.92 Å². The Labute approximate surface area is 109 Å². The molecule has 2 aromatic rings. The van der Waals surface area contributed by atoms with Crippen molar-refractivity contribution >= 4 is 29.0 Å². The van der Waals surface area contributed by atoms with Crippen LogP contribution in [-0.2, 0) is 0 Å². The lowest BCUT2D eigenvalue weighted by Gasteiger charge is -2.06. The first kappa shape index (κ1) is 12.3. The topological polar surface area (TPSA) is 80.9 Å². The van der Waals surface area contributed by atoms with Crippen LogP contribution in [0, 0.1) is 6.92 Å². The average molecular weight is 263 g/mol. The Morgan fingerprint density at radius 1 is 1.28 bits per heavy atom. The number of aryl methyl sites for hydroxylation is 1. The molecule has 1 aromatic carbocycles. The van der Waals surface area contributed by atoms with Gasteiger partial charge in [-0.05, 0) is 36.8 Å². The number of hydrogen-bond donors (Lipinski definition) is 2. The molecule has 0 saturated heterocycles. The van der Waals surface area contributed by atoms with E-state index in [1.807, 2.05) is 6.92 Å². The highest BCUT2D eigenvalue weighted by molar-refractivity contribution is 6.29. The van der Waals surface area contributed by atoms with Crippen LogP contribution < -0.4 is 11.1 Å². The monoisotopic (exact) mass is 262 g/mol. The van der Waals surface area contributed by atoms with Gasteiger partial charge in [-0.15, -0.1) is 10.2 Å². The molecule has 92 valence electrons. The molecular weight excluding hydrogens is 252 g/mol. The normalized spacial score (nSPS) is 10.1. The van der Waals surface area contributed by atoms with Crippen molar-refractivity contribution in [3.05, 3.63) is 46.6 Å². The van der Waals surface area contributed by atoms with Gasteiger partial charge in [0.05, 0.1) is 0 Å². The second kappa shape index (κ2) is 5.01. The number of anilines is 2. The van der Waals surface area contributed by atoms with Crippen molar-refractivity contribution in [2.24, 2.45) is 0 Å². The number of halogens is 1. The van der Waals surface area contributed by atoms with E-state index in [1.165, 1.54) is 0 Å². The standard InChI is InChI=1S/C12H11ClN4O/c1-7-2-3-8(6-9(7)14)12(18)15-11-5-4-10(13)16-17-11/h2-6H,14H2,1H3,(H,15,17,18). The van der Waals surface area contributed by atoms with Gasteiger partial charge in [0.2, 0.25) is 0 Å². The first-order valence-electron chi connectivity index (χ1n) is 5.23. The number of nitrogens with zero attached hydrogens (tertiary/aromatic N) is 2. The SMILES string of the molecule is Cc1ccc(C(=O)Nc2ccc(Cl)nn2)cc1N. The summed E-state index contributed by atoms with van der Waals surface area (Å²) < 4.78 is 0. The highest BCUT2D eigenvalue weighted by Gasteiger charge is 2.08. The van der Waals surface area contributed by atoms with E-state index in [-0.39, 0.29) is 11.1 Å². The van der Waals surface area contributed by atoms with E-state index in [4.69, 9.17) is 17.3 Å². The maximum absolute atomic E-state index is 11.9. The van der Waals surface area contributed by atoms with E-state index in [2.05, 4.69) is 15.5 Å². The van der Waals surface area contributed by atoms with Gasteiger partial charge < -0.3 is 11.1 Å². The molecule has 0 fully saturated rings. The van der Waals surface area contributed by atoms with Crippen molar-refractivity contribution in [3.8, 4) is 0 Å². The summed E-state index contributed by atoms with van der Waals surface area (Å²) in [5.41, 5.74) is 7.72. The fraction of sp³-hybridized carbons (Fsp3) is 0.0833. The fourth-order valence-electron chi connectivity index (χ4n) is 1.35. The predicted molar refractivity (Wildman–Crippen MR) is 70.6 cm³/mol. The quantitative estimate of drug-likeness (QED) is 0.814. The summed E-state index contributed by atoms with van der Waals surface area (Å²) in [6.07, 6.45) is 0. The van der Waals surface area contributed by atoms with Crippen LogP contribution in [0.2, 0.25) is 5.15 Å². The second-order valence-electron chi connectivity index (χ2n) is 3.77. The van der Waals surface area contributed by atoms with E-state index >= 15 is 0 Å². The molecule has 3 N–H and O–H groups in total. The lowest BCUT2D eigenvalue weighted by molar-refractivity contribution is 0.102. The molecule has 0 aliphatic heterocycles. The number of carbonyl (C=O) groups excluding carboxylic acids is 1. The number of nitrogens with one attached hydrogen (secondary N) is 1. The lowest BCUT2D eigenvalue weighted by atomic mass is 10.1. The molecule has 0 unspecified atom stereocenters. The highest BCUT2D eigenvalue weighted by atomic mass is 35.5. The van der Waals surface area contributed by atoms with E-state index in [0.29, 0.717) is 17.1 Å². The van der Waals surface area contributed by atoms with Crippen LogP contribution in [-0.4, -0.2) is 16.1 Å². The molecule has 5 nitrogen and oxygen atoms in total. The molecule has 1 heterocycles. The smallest absolute Gasteiger partial charge is 0.256 e. The number of amides is 1. The minimum absolute atomic E-state index is 0.271. The van der Waals surface area contributed by atoms with Crippen LogP contribution in [0.15, 0.2) is 30.3 Å². The molecule has 0 aliphatic rings. The highest BCUT2D eigenvalue weighted by Crippen LogP contribution is 2.14.